The van der Waals surface area contributed by atoms with Gasteiger partial charge in [0.25, 0.3) is 0 Å². The summed E-state index contributed by atoms with van der Waals surface area (Å²) in [4.78, 5) is 10.7. The Balaban J connectivity index is 2.94. The zero-order valence-electron chi connectivity index (χ0n) is 8.55. The molecule has 0 aliphatic rings. The van der Waals surface area contributed by atoms with Crippen LogP contribution in [-0.4, -0.2) is 25.2 Å². The van der Waals surface area contributed by atoms with Gasteiger partial charge in [0.1, 0.15) is 0 Å². The Hall–Kier alpha value is -0.880. The van der Waals surface area contributed by atoms with E-state index >= 15 is 0 Å². The first-order chi connectivity index (χ1) is 7.33. The molecule has 1 N–H and O–H groups in total. The number of carboxylic acid groups (broad SMARTS) is 1. The van der Waals surface area contributed by atoms with Gasteiger partial charge in [0.15, 0.2) is 9.84 Å². The number of rotatable bonds is 4. The molecule has 6 heteroatoms. The minimum Gasteiger partial charge on any atom is -0.481 e. The lowest BCUT2D eigenvalue weighted by Gasteiger charge is -2.07. The quantitative estimate of drug-likeness (QED) is 0.923. The highest BCUT2D eigenvalue weighted by molar-refractivity contribution is 9.10. The molecule has 0 saturated heterocycles. The van der Waals surface area contributed by atoms with Gasteiger partial charge in [-0.05, 0) is 24.3 Å². The van der Waals surface area contributed by atoms with Crippen LogP contribution in [0.1, 0.15) is 6.92 Å². The predicted molar refractivity (Wildman–Crippen MR) is 63.0 cm³/mol. The van der Waals surface area contributed by atoms with Crippen molar-refractivity contribution >= 4 is 31.7 Å². The normalized spacial score (nSPS) is 13.4. The average molecular weight is 307 g/mol. The third-order valence-corrected chi connectivity index (χ3v) is 4.52. The fourth-order valence-corrected chi connectivity index (χ4v) is 2.95. The minimum absolute atomic E-state index is 0.142. The summed E-state index contributed by atoms with van der Waals surface area (Å²) < 4.78 is 24.3. The van der Waals surface area contributed by atoms with Crippen LogP contribution in [0.5, 0.6) is 0 Å². The van der Waals surface area contributed by atoms with E-state index in [0.29, 0.717) is 0 Å². The molecule has 0 aliphatic carbocycles. The average Bonchev–Trinajstić information content (AvgIpc) is 2.17. The SMILES string of the molecule is C[C@H](CS(=O)(=O)c1ccc(Br)cc1)C(=O)O. The molecule has 0 unspecified atom stereocenters. The van der Waals surface area contributed by atoms with E-state index in [2.05, 4.69) is 15.9 Å². The van der Waals surface area contributed by atoms with E-state index in [4.69, 9.17) is 5.11 Å². The highest BCUT2D eigenvalue weighted by Gasteiger charge is 2.22. The first-order valence-electron chi connectivity index (χ1n) is 4.54. The van der Waals surface area contributed by atoms with Gasteiger partial charge in [-0.25, -0.2) is 8.42 Å². The predicted octanol–water partition coefficient (Wildman–Crippen LogP) is 1.94. The van der Waals surface area contributed by atoms with Crippen LogP contribution in [0.2, 0.25) is 0 Å². The summed E-state index contributed by atoms with van der Waals surface area (Å²) in [5.41, 5.74) is 0. The smallest absolute Gasteiger partial charge is 0.307 e. The second kappa shape index (κ2) is 4.97. The molecule has 1 atom stereocenters. The summed E-state index contributed by atoms with van der Waals surface area (Å²) in [6.45, 7) is 1.37. The summed E-state index contributed by atoms with van der Waals surface area (Å²) in [7, 11) is -3.52. The second-order valence-corrected chi connectivity index (χ2v) is 6.42. The van der Waals surface area contributed by atoms with Gasteiger partial charge >= 0.3 is 5.97 Å². The molecule has 0 aromatic heterocycles. The molecule has 0 fully saturated rings. The van der Waals surface area contributed by atoms with E-state index in [-0.39, 0.29) is 10.6 Å². The minimum atomic E-state index is -3.52. The summed E-state index contributed by atoms with van der Waals surface area (Å²) in [6.07, 6.45) is 0. The van der Waals surface area contributed by atoms with Crippen LogP contribution in [-0.2, 0) is 14.6 Å². The molecule has 0 spiro atoms. The molecule has 1 aromatic rings. The Labute approximate surface area is 102 Å². The van der Waals surface area contributed by atoms with Crippen molar-refractivity contribution in [3.05, 3.63) is 28.7 Å². The lowest BCUT2D eigenvalue weighted by Crippen LogP contribution is -2.21. The molecular weight excluding hydrogens is 296 g/mol. The number of carboxylic acids is 1. The second-order valence-electron chi connectivity index (χ2n) is 3.47. The summed E-state index contributed by atoms with van der Waals surface area (Å²) in [5.74, 6) is -2.40. The van der Waals surface area contributed by atoms with E-state index in [1.807, 2.05) is 0 Å². The van der Waals surface area contributed by atoms with E-state index in [1.165, 1.54) is 19.1 Å². The van der Waals surface area contributed by atoms with E-state index in [1.54, 1.807) is 12.1 Å². The monoisotopic (exact) mass is 306 g/mol. The van der Waals surface area contributed by atoms with Crippen molar-refractivity contribution in [2.75, 3.05) is 5.75 Å². The Kier molecular flexibility index (Phi) is 4.09. The fourth-order valence-electron chi connectivity index (χ4n) is 1.14. The van der Waals surface area contributed by atoms with Crippen molar-refractivity contribution in [1.29, 1.82) is 0 Å². The van der Waals surface area contributed by atoms with E-state index in [9.17, 15) is 13.2 Å². The van der Waals surface area contributed by atoms with Crippen molar-refractivity contribution in [1.82, 2.24) is 0 Å². The lowest BCUT2D eigenvalue weighted by molar-refractivity contribution is -0.140. The van der Waals surface area contributed by atoms with Gasteiger partial charge in [-0.1, -0.05) is 22.9 Å². The topological polar surface area (TPSA) is 71.4 Å². The lowest BCUT2D eigenvalue weighted by atomic mass is 10.2. The number of sulfone groups is 1. The Bertz CT molecular complexity index is 478. The first kappa shape index (κ1) is 13.2. The van der Waals surface area contributed by atoms with E-state index in [0.717, 1.165) is 4.47 Å². The fraction of sp³-hybridized carbons (Fsp3) is 0.300. The van der Waals surface area contributed by atoms with Crippen LogP contribution in [0.4, 0.5) is 0 Å². The summed E-state index contributed by atoms with van der Waals surface area (Å²) >= 11 is 3.20. The van der Waals surface area contributed by atoms with Crippen molar-refractivity contribution in [3.8, 4) is 0 Å². The maximum absolute atomic E-state index is 11.8. The molecule has 0 aliphatic heterocycles. The number of benzene rings is 1. The molecule has 4 nitrogen and oxygen atoms in total. The molecule has 0 amide bonds. The van der Waals surface area contributed by atoms with Crippen LogP contribution >= 0.6 is 15.9 Å². The maximum atomic E-state index is 11.8. The number of carbonyl (C=O) groups is 1. The Morgan fingerprint density at radius 1 is 1.38 bits per heavy atom. The van der Waals surface area contributed by atoms with Gasteiger partial charge in [-0.2, -0.15) is 0 Å². The highest BCUT2D eigenvalue weighted by atomic mass is 79.9. The molecular formula is C10H11BrO4S. The molecule has 0 heterocycles. The standard InChI is InChI=1S/C10H11BrO4S/c1-7(10(12)13)6-16(14,15)9-4-2-8(11)3-5-9/h2-5,7H,6H2,1H3,(H,12,13)/t7-/m1/s1. The van der Waals surface area contributed by atoms with Crippen molar-refractivity contribution in [3.63, 3.8) is 0 Å². The van der Waals surface area contributed by atoms with Crippen molar-refractivity contribution in [2.45, 2.75) is 11.8 Å². The largest absolute Gasteiger partial charge is 0.481 e. The van der Waals surface area contributed by atoms with Crippen LogP contribution < -0.4 is 0 Å². The number of hydrogen-bond donors (Lipinski definition) is 1. The molecule has 1 aromatic carbocycles. The maximum Gasteiger partial charge on any atom is 0.307 e. The Morgan fingerprint density at radius 3 is 2.31 bits per heavy atom. The van der Waals surface area contributed by atoms with Crippen LogP contribution in [0.3, 0.4) is 0 Å². The number of halogens is 1. The van der Waals surface area contributed by atoms with Gasteiger partial charge in [0.05, 0.1) is 16.6 Å². The molecule has 0 saturated carbocycles. The molecule has 16 heavy (non-hydrogen) atoms. The van der Waals surface area contributed by atoms with Crippen LogP contribution in [0, 0.1) is 5.92 Å². The van der Waals surface area contributed by atoms with Crippen molar-refractivity contribution in [2.24, 2.45) is 5.92 Å². The summed E-state index contributed by atoms with van der Waals surface area (Å²) in [5, 5.41) is 8.66. The van der Waals surface area contributed by atoms with Gasteiger partial charge < -0.3 is 5.11 Å². The van der Waals surface area contributed by atoms with Gasteiger partial charge in [0.2, 0.25) is 0 Å². The molecule has 0 bridgehead atoms. The van der Waals surface area contributed by atoms with Gasteiger partial charge in [0, 0.05) is 4.47 Å². The van der Waals surface area contributed by atoms with Crippen molar-refractivity contribution < 1.29 is 18.3 Å². The van der Waals surface area contributed by atoms with Crippen LogP contribution in [0.25, 0.3) is 0 Å². The number of hydrogen-bond acceptors (Lipinski definition) is 3. The Morgan fingerprint density at radius 2 is 1.88 bits per heavy atom. The van der Waals surface area contributed by atoms with Gasteiger partial charge in [-0.15, -0.1) is 0 Å². The third-order valence-electron chi connectivity index (χ3n) is 2.06. The highest BCUT2D eigenvalue weighted by Crippen LogP contribution is 2.17. The van der Waals surface area contributed by atoms with E-state index < -0.39 is 21.7 Å². The molecule has 0 radical (unpaired) electrons. The first-order valence-corrected chi connectivity index (χ1v) is 6.98. The zero-order chi connectivity index (χ0) is 12.3. The van der Waals surface area contributed by atoms with Gasteiger partial charge in [-0.3, -0.25) is 4.79 Å². The molecule has 1 rings (SSSR count). The third kappa shape index (κ3) is 3.31. The number of aliphatic carboxylic acids is 1. The van der Waals surface area contributed by atoms with Crippen LogP contribution in [0.15, 0.2) is 33.6 Å². The summed E-state index contributed by atoms with van der Waals surface area (Å²) in [6, 6.07) is 6.12. The zero-order valence-corrected chi connectivity index (χ0v) is 11.0. The molecule has 88 valence electrons.